The molecule has 0 radical (unpaired) electrons. The van der Waals surface area contributed by atoms with E-state index in [1.54, 1.807) is 0 Å². The summed E-state index contributed by atoms with van der Waals surface area (Å²) in [5, 5.41) is 19.1. The summed E-state index contributed by atoms with van der Waals surface area (Å²) < 4.78 is 87.5. The van der Waals surface area contributed by atoms with Gasteiger partial charge in [0.05, 0.1) is 41.2 Å². The lowest BCUT2D eigenvalue weighted by atomic mass is 10.1. The van der Waals surface area contributed by atoms with Crippen LogP contribution >= 0.6 is 23.2 Å². The maximum Gasteiger partial charge on any atom is 0.421 e. The van der Waals surface area contributed by atoms with Crippen molar-refractivity contribution in [1.29, 1.82) is 0 Å². The van der Waals surface area contributed by atoms with Gasteiger partial charge in [-0.25, -0.2) is 14.8 Å². The van der Waals surface area contributed by atoms with Crippen LogP contribution in [0.4, 0.5) is 61.2 Å². The smallest absolute Gasteiger partial charge is 0.421 e. The van der Waals surface area contributed by atoms with Gasteiger partial charge in [-0.1, -0.05) is 23.2 Å². The summed E-state index contributed by atoms with van der Waals surface area (Å²) in [4.78, 5) is 48.9. The predicted molar refractivity (Wildman–Crippen MR) is 184 cm³/mol. The molecule has 0 unspecified atom stereocenters. The normalized spacial score (nSPS) is 11.0. The first kappa shape index (κ1) is 42.4. The molecule has 0 fully saturated rings. The van der Waals surface area contributed by atoms with Crippen molar-refractivity contribution in [2.75, 3.05) is 49.6 Å². The van der Waals surface area contributed by atoms with E-state index in [0.717, 1.165) is 6.07 Å². The molecule has 16 nitrogen and oxygen atoms in total. The Hall–Kier alpha value is -6.03. The average molecular weight is 810 g/mol. The number of nitrogens with zero attached hydrogens (tertiary/aromatic N) is 4. The Bertz CT molecular complexity index is 2040. The maximum atomic E-state index is 12.9. The number of rotatable bonds is 10. The fraction of sp³-hybridized carbons (Fsp3) is 0.233. The molecule has 4 aromatic rings. The number of carboxylic acids is 1. The third kappa shape index (κ3) is 10.8. The van der Waals surface area contributed by atoms with Crippen molar-refractivity contribution in [1.82, 2.24) is 30.8 Å². The Kier molecular flexibility index (Phi) is 13.9. The van der Waals surface area contributed by atoms with Gasteiger partial charge in [0, 0.05) is 45.5 Å². The number of aromatic nitrogens is 4. The highest BCUT2D eigenvalue weighted by Crippen LogP contribution is 2.37. The SMILES string of the molecule is CNc1nc(Nc2cc(OC)c(C(=O)NNC(C)=O)cc2Cl)ncc1C(F)(F)F.CNc1nc(Nc2cc(OC)c(C(=O)O)cc2Cl)ncc1C(F)(F)F. The van der Waals surface area contributed by atoms with Crippen molar-refractivity contribution in [2.45, 2.75) is 19.3 Å². The summed E-state index contributed by atoms with van der Waals surface area (Å²) >= 11 is 12.2. The molecule has 0 saturated carbocycles. The van der Waals surface area contributed by atoms with E-state index in [1.165, 1.54) is 53.4 Å². The number of benzene rings is 2. The summed E-state index contributed by atoms with van der Waals surface area (Å²) in [6, 6.07) is 5.02. The molecule has 0 aliphatic rings. The van der Waals surface area contributed by atoms with Crippen LogP contribution in [-0.2, 0) is 17.1 Å². The average Bonchev–Trinajstić information content (AvgIpc) is 3.10. The molecule has 0 aliphatic heterocycles. The number of halogens is 8. The van der Waals surface area contributed by atoms with Gasteiger partial charge in [-0.3, -0.25) is 20.4 Å². The minimum Gasteiger partial charge on any atom is -0.496 e. The first-order chi connectivity index (χ1) is 25.2. The molecule has 2 amide bonds. The van der Waals surface area contributed by atoms with Gasteiger partial charge in [-0.15, -0.1) is 0 Å². The molecule has 0 atom stereocenters. The Labute approximate surface area is 311 Å². The third-order valence-electron chi connectivity index (χ3n) is 6.56. The zero-order chi connectivity index (χ0) is 40.5. The van der Waals surface area contributed by atoms with Crippen molar-refractivity contribution in [3.63, 3.8) is 0 Å². The van der Waals surface area contributed by atoms with Crippen LogP contribution in [0, 0.1) is 0 Å². The molecule has 0 bridgehead atoms. The number of aromatic carboxylic acids is 1. The molecule has 0 saturated heterocycles. The van der Waals surface area contributed by atoms with Crippen LogP contribution < -0.4 is 41.6 Å². The summed E-state index contributed by atoms with van der Waals surface area (Å²) in [5.74, 6) is -3.49. The molecular weight excluding hydrogens is 781 g/mol. The van der Waals surface area contributed by atoms with Crippen LogP contribution in [0.2, 0.25) is 10.0 Å². The zero-order valence-electron chi connectivity index (χ0n) is 28.3. The number of carboxylic acid groups (broad SMARTS) is 1. The molecule has 4 rings (SSSR count). The topological polar surface area (TPSA) is 214 Å². The fourth-order valence-corrected chi connectivity index (χ4v) is 4.54. The van der Waals surface area contributed by atoms with E-state index in [0.29, 0.717) is 12.4 Å². The van der Waals surface area contributed by atoms with E-state index < -0.39 is 52.9 Å². The number of hydrogen-bond donors (Lipinski definition) is 7. The highest BCUT2D eigenvalue weighted by Gasteiger charge is 2.36. The number of hydrogen-bond acceptors (Lipinski definition) is 13. The van der Waals surface area contributed by atoms with Crippen LogP contribution in [-0.4, -0.2) is 71.1 Å². The number of hydrazine groups is 1. The van der Waals surface area contributed by atoms with Crippen molar-refractivity contribution < 1.29 is 55.3 Å². The molecule has 2 heterocycles. The summed E-state index contributed by atoms with van der Waals surface area (Å²) in [5.41, 5.74) is 2.45. The second kappa shape index (κ2) is 17.7. The predicted octanol–water partition coefficient (Wildman–Crippen LogP) is 6.36. The van der Waals surface area contributed by atoms with Gasteiger partial charge in [-0.2, -0.15) is 36.3 Å². The van der Waals surface area contributed by atoms with Gasteiger partial charge in [-0.05, 0) is 12.1 Å². The van der Waals surface area contributed by atoms with Gasteiger partial charge in [0.25, 0.3) is 5.91 Å². The number of nitrogens with one attached hydrogen (secondary N) is 6. The number of alkyl halides is 6. The van der Waals surface area contributed by atoms with Gasteiger partial charge in [0.15, 0.2) is 0 Å². The van der Waals surface area contributed by atoms with Crippen LogP contribution in [0.5, 0.6) is 11.5 Å². The third-order valence-corrected chi connectivity index (χ3v) is 7.19. The standard InChI is InChI=1S/C16H16ClF3N6O3.C14H12ClF3N4O3/c1-7(27)25-26-14(28)8-4-10(17)11(5-12(8)29-3)23-15-22-6-9(16(18,19)20)13(21-2)24-15;1-19-11-7(14(16,17)18)5-20-13(22-11)21-9-4-10(25-2)6(12(23)24)3-8(9)15/h4-6H,1-3H3,(H,25,27)(H,26,28)(H2,21,22,23,24);3-5H,1-2H3,(H,23,24)(H2,19,20,21,22). The second-order valence-corrected chi connectivity index (χ2v) is 11.0. The van der Waals surface area contributed by atoms with Gasteiger partial charge < -0.3 is 35.8 Å². The van der Waals surface area contributed by atoms with E-state index in [4.69, 9.17) is 37.8 Å². The molecule has 24 heteroatoms. The van der Waals surface area contributed by atoms with Crippen LogP contribution in [0.1, 0.15) is 38.8 Å². The molecule has 7 N–H and O–H groups in total. The van der Waals surface area contributed by atoms with Crippen molar-refractivity contribution in [2.24, 2.45) is 0 Å². The first-order valence-electron chi connectivity index (χ1n) is 14.6. The quantitative estimate of drug-likeness (QED) is 0.0686. The van der Waals surface area contributed by atoms with Gasteiger partial charge in [0.2, 0.25) is 17.8 Å². The minimum absolute atomic E-state index is 0.00713. The number of carbonyl (C=O) groups is 3. The Morgan fingerprint density at radius 3 is 1.46 bits per heavy atom. The molecule has 0 aliphatic carbocycles. The van der Waals surface area contributed by atoms with Gasteiger partial charge in [0.1, 0.15) is 39.8 Å². The first-order valence-corrected chi connectivity index (χ1v) is 15.3. The number of anilines is 6. The minimum atomic E-state index is -4.62. The molecule has 2 aromatic carbocycles. The van der Waals surface area contributed by atoms with Crippen LogP contribution in [0.15, 0.2) is 36.7 Å². The highest BCUT2D eigenvalue weighted by atomic mass is 35.5. The van der Waals surface area contributed by atoms with Crippen molar-refractivity contribution >= 4 is 75.9 Å². The number of ether oxygens (including phenoxy) is 2. The lowest BCUT2D eigenvalue weighted by Crippen LogP contribution is -2.40. The summed E-state index contributed by atoms with van der Waals surface area (Å²) in [6.07, 6.45) is -7.99. The van der Waals surface area contributed by atoms with E-state index in [9.17, 15) is 40.7 Å². The molecule has 0 spiro atoms. The number of carbonyl (C=O) groups excluding carboxylic acids is 2. The zero-order valence-corrected chi connectivity index (χ0v) is 29.8. The van der Waals surface area contributed by atoms with E-state index in [2.05, 4.69) is 52.1 Å². The Morgan fingerprint density at radius 1 is 0.704 bits per heavy atom. The van der Waals surface area contributed by atoms with Gasteiger partial charge >= 0.3 is 18.3 Å². The lowest BCUT2D eigenvalue weighted by molar-refractivity contribution is -0.138. The van der Waals surface area contributed by atoms with Crippen LogP contribution in [0.3, 0.4) is 0 Å². The molecule has 54 heavy (non-hydrogen) atoms. The second-order valence-electron chi connectivity index (χ2n) is 10.2. The number of amides is 2. The van der Waals surface area contributed by atoms with Crippen molar-refractivity contribution in [3.8, 4) is 11.5 Å². The molecule has 2 aromatic heterocycles. The number of methoxy groups -OCH3 is 2. The maximum absolute atomic E-state index is 12.9. The Morgan fingerprint density at radius 2 is 1.11 bits per heavy atom. The molecular formula is C30H28Cl2F6N10O6. The van der Waals surface area contributed by atoms with E-state index in [1.807, 2.05) is 0 Å². The largest absolute Gasteiger partial charge is 0.496 e. The molecule has 290 valence electrons. The van der Waals surface area contributed by atoms with Crippen molar-refractivity contribution in [3.05, 3.63) is 69.0 Å². The van der Waals surface area contributed by atoms with E-state index in [-0.39, 0.29) is 55.9 Å². The van der Waals surface area contributed by atoms with E-state index >= 15 is 0 Å². The lowest BCUT2D eigenvalue weighted by Gasteiger charge is -2.15. The van der Waals surface area contributed by atoms with Crippen LogP contribution in [0.25, 0.3) is 0 Å². The monoisotopic (exact) mass is 808 g/mol. The summed E-state index contributed by atoms with van der Waals surface area (Å²) in [7, 11) is 5.15. The highest BCUT2D eigenvalue weighted by molar-refractivity contribution is 6.34. The fourth-order valence-electron chi connectivity index (χ4n) is 4.11. The summed E-state index contributed by atoms with van der Waals surface area (Å²) in [6.45, 7) is 1.21. The Balaban J connectivity index is 0.000000294.